The van der Waals surface area contributed by atoms with Crippen molar-refractivity contribution >= 4 is 41.9 Å². The Bertz CT molecular complexity index is 592. The van der Waals surface area contributed by atoms with Crippen LogP contribution in [0, 0.1) is 0 Å². The molecule has 0 spiro atoms. The van der Waals surface area contributed by atoms with Crippen LogP contribution < -0.4 is 10.6 Å². The van der Waals surface area contributed by atoms with Gasteiger partial charge in [-0.2, -0.15) is 0 Å². The standard InChI is InChI=1S/C30H48P2.B2H4/c1-5-15-25(16-6-1)31(26-17-7-2-8-18-26)29-23-13-14-24-30(29)32(27-19-9-3-10-20-27)28-21-11-4-12-22-28;1-2/h13-14,23-28H,1-12,15-22H2;1-2H2. The SMILES string of the molecule is BB.c1ccc(P(C2CCCCC2)C2CCCCC2)c(P(C2CCCCC2)C2CCCCC2)c1. The van der Waals surface area contributed by atoms with Gasteiger partial charge in [0.25, 0.3) is 0 Å². The van der Waals surface area contributed by atoms with Crippen molar-refractivity contribution in [3.05, 3.63) is 24.3 Å². The van der Waals surface area contributed by atoms with Crippen LogP contribution in [0.2, 0.25) is 0 Å². The zero-order valence-corrected chi connectivity index (χ0v) is 24.4. The van der Waals surface area contributed by atoms with Gasteiger partial charge in [0.2, 0.25) is 0 Å². The summed E-state index contributed by atoms with van der Waals surface area (Å²) in [7, 11) is 4.06. The van der Waals surface area contributed by atoms with Crippen LogP contribution in [0.5, 0.6) is 0 Å². The molecule has 4 saturated carbocycles. The van der Waals surface area contributed by atoms with Gasteiger partial charge in [-0.15, -0.1) is 0 Å². The summed E-state index contributed by atoms with van der Waals surface area (Å²) in [5, 5.41) is 3.90. The van der Waals surface area contributed by atoms with Crippen molar-refractivity contribution in [1.82, 2.24) is 0 Å². The average molecular weight is 496 g/mol. The molecule has 4 aliphatic carbocycles. The molecule has 0 aromatic heterocycles. The summed E-state index contributed by atoms with van der Waals surface area (Å²) >= 11 is 0. The Morgan fingerprint density at radius 1 is 0.412 bits per heavy atom. The average Bonchev–Trinajstić information content (AvgIpc) is 2.93. The Morgan fingerprint density at radius 2 is 0.647 bits per heavy atom. The van der Waals surface area contributed by atoms with E-state index in [1.165, 1.54) is 77.0 Å². The molecule has 4 heteroatoms. The molecule has 0 atom stereocenters. The molecule has 1 aromatic rings. The van der Waals surface area contributed by atoms with Crippen molar-refractivity contribution in [2.75, 3.05) is 0 Å². The third kappa shape index (κ3) is 6.95. The third-order valence-corrected chi connectivity index (χ3v) is 16.6. The normalized spacial score (nSPS) is 24.2. The van der Waals surface area contributed by atoms with E-state index < -0.39 is 0 Å². The maximum atomic E-state index is 2.69. The molecule has 0 heterocycles. The predicted molar refractivity (Wildman–Crippen MR) is 164 cm³/mol. The number of rotatable bonds is 6. The van der Waals surface area contributed by atoms with E-state index in [2.05, 4.69) is 24.3 Å². The van der Waals surface area contributed by atoms with Gasteiger partial charge in [-0.05, 0) is 84.6 Å². The van der Waals surface area contributed by atoms with Crippen molar-refractivity contribution in [2.24, 2.45) is 0 Å². The minimum atomic E-state index is 0.0288. The Balaban J connectivity index is 0.00000133. The lowest BCUT2D eigenvalue weighted by Gasteiger charge is -2.43. The predicted octanol–water partition coefficient (Wildman–Crippen LogP) is 7.40. The molecule has 188 valence electrons. The number of hydrogen-bond acceptors (Lipinski definition) is 0. The summed E-state index contributed by atoms with van der Waals surface area (Å²) in [6.07, 6.45) is 30.5. The Morgan fingerprint density at radius 3 is 0.882 bits per heavy atom. The van der Waals surface area contributed by atoms with E-state index in [4.69, 9.17) is 0 Å². The summed E-state index contributed by atoms with van der Waals surface area (Å²) in [6, 6.07) is 10.3. The van der Waals surface area contributed by atoms with Crippen LogP contribution in [0.1, 0.15) is 128 Å². The first kappa shape index (κ1) is 27.3. The van der Waals surface area contributed by atoms with Crippen LogP contribution in [0.4, 0.5) is 0 Å². The fourth-order valence-corrected chi connectivity index (χ4v) is 16.1. The molecule has 1 aromatic carbocycles. The lowest BCUT2D eigenvalue weighted by Crippen LogP contribution is -2.36. The minimum absolute atomic E-state index is 0.0288. The molecule has 0 amide bonds. The van der Waals surface area contributed by atoms with Gasteiger partial charge in [0, 0.05) is 0 Å². The second-order valence-corrected chi connectivity index (χ2v) is 17.0. The van der Waals surface area contributed by atoms with Gasteiger partial charge in [0.05, 0.1) is 15.5 Å². The smallest absolute Gasteiger partial charge is 0.0643 e. The van der Waals surface area contributed by atoms with Crippen LogP contribution in [0.15, 0.2) is 24.3 Å². The highest BCUT2D eigenvalue weighted by molar-refractivity contribution is 7.73. The van der Waals surface area contributed by atoms with Gasteiger partial charge in [0.1, 0.15) is 0 Å². The van der Waals surface area contributed by atoms with Gasteiger partial charge >= 0.3 is 0 Å². The molecule has 0 aliphatic heterocycles. The molecular weight excluding hydrogens is 444 g/mol. The van der Waals surface area contributed by atoms with E-state index >= 15 is 0 Å². The number of hydrogen-bond donors (Lipinski definition) is 0. The van der Waals surface area contributed by atoms with Gasteiger partial charge in [0.15, 0.2) is 0 Å². The minimum Gasteiger partial charge on any atom is -0.0683 e. The van der Waals surface area contributed by atoms with Crippen LogP contribution in [0.25, 0.3) is 0 Å². The second kappa shape index (κ2) is 14.8. The quantitative estimate of drug-likeness (QED) is 0.285. The monoisotopic (exact) mass is 496 g/mol. The topological polar surface area (TPSA) is 0 Å². The van der Waals surface area contributed by atoms with E-state index in [-0.39, 0.29) is 15.8 Å². The molecule has 0 saturated heterocycles. The fourth-order valence-electron chi connectivity index (χ4n) is 7.72. The molecule has 4 aliphatic rings. The van der Waals surface area contributed by atoms with E-state index in [9.17, 15) is 0 Å². The maximum absolute atomic E-state index is 2.69. The van der Waals surface area contributed by atoms with Gasteiger partial charge < -0.3 is 0 Å². The van der Waals surface area contributed by atoms with E-state index in [0.717, 1.165) is 22.6 Å². The summed E-state index contributed by atoms with van der Waals surface area (Å²) in [5.41, 5.74) is 4.16. The fraction of sp³-hybridized carbons (Fsp3) is 0.800. The van der Waals surface area contributed by atoms with E-state index in [0.29, 0.717) is 0 Å². The van der Waals surface area contributed by atoms with Gasteiger partial charge in [-0.3, -0.25) is 0 Å². The highest BCUT2D eigenvalue weighted by atomic mass is 31.1. The first-order chi connectivity index (χ1) is 16.9. The highest BCUT2D eigenvalue weighted by Crippen LogP contribution is 2.59. The molecule has 4 fully saturated rings. The first-order valence-electron chi connectivity index (χ1n) is 15.6. The summed E-state index contributed by atoms with van der Waals surface area (Å²) in [6.45, 7) is 0. The molecule has 5 rings (SSSR count). The lowest BCUT2D eigenvalue weighted by atomic mass is 9.81. The summed E-state index contributed by atoms with van der Waals surface area (Å²) in [4.78, 5) is 0. The van der Waals surface area contributed by atoms with Crippen molar-refractivity contribution in [3.8, 4) is 0 Å². The summed E-state index contributed by atoms with van der Waals surface area (Å²) in [5.74, 6) is 0. The van der Waals surface area contributed by atoms with Crippen molar-refractivity contribution < 1.29 is 0 Å². The molecule has 34 heavy (non-hydrogen) atoms. The molecule has 0 bridgehead atoms. The van der Waals surface area contributed by atoms with Crippen molar-refractivity contribution in [1.29, 1.82) is 0 Å². The second-order valence-electron chi connectivity index (χ2n) is 11.5. The van der Waals surface area contributed by atoms with Crippen molar-refractivity contribution in [2.45, 2.75) is 151 Å². The van der Waals surface area contributed by atoms with Gasteiger partial charge in [-0.1, -0.05) is 117 Å². The van der Waals surface area contributed by atoms with E-state index in [1.54, 1.807) is 51.4 Å². The summed E-state index contributed by atoms with van der Waals surface area (Å²) < 4.78 is 0. The zero-order valence-electron chi connectivity index (χ0n) is 22.7. The van der Waals surface area contributed by atoms with E-state index in [1.807, 2.05) is 26.1 Å². The van der Waals surface area contributed by atoms with Crippen LogP contribution in [-0.2, 0) is 0 Å². The van der Waals surface area contributed by atoms with Gasteiger partial charge in [-0.25, -0.2) is 0 Å². The molecule has 0 unspecified atom stereocenters. The van der Waals surface area contributed by atoms with Crippen LogP contribution >= 0.6 is 15.8 Å². The number of benzene rings is 1. The first-order valence-corrected chi connectivity index (χ1v) is 18.5. The van der Waals surface area contributed by atoms with Crippen LogP contribution in [-0.4, -0.2) is 38.1 Å². The Kier molecular flexibility index (Phi) is 11.9. The largest absolute Gasteiger partial charge is 0.0683 e. The molecular formula is C30H52B2P2. The Labute approximate surface area is 216 Å². The Hall–Kier alpha value is 0.210. The zero-order chi connectivity index (χ0) is 23.6. The molecule has 0 N–H and O–H groups in total. The lowest BCUT2D eigenvalue weighted by molar-refractivity contribution is 0.486. The van der Waals surface area contributed by atoms with Crippen molar-refractivity contribution in [3.63, 3.8) is 0 Å². The third-order valence-electron chi connectivity index (χ3n) is 9.31. The molecule has 0 radical (unpaired) electrons. The van der Waals surface area contributed by atoms with Crippen LogP contribution in [0.3, 0.4) is 0 Å². The maximum Gasteiger partial charge on any atom is 0.0643 e. The molecule has 0 nitrogen and oxygen atoms in total. The highest BCUT2D eigenvalue weighted by Gasteiger charge is 2.38.